The Bertz CT molecular complexity index is 989. The third-order valence-electron chi connectivity index (χ3n) is 5.44. The molecule has 0 saturated carbocycles. The molecule has 2 heterocycles. The number of benzene rings is 2. The number of hydrogen-bond donors (Lipinski definition) is 0. The number of nitrogens with zero attached hydrogens (tertiary/aromatic N) is 3. The van der Waals surface area contributed by atoms with Crippen LogP contribution in [-0.2, 0) is 16.0 Å². The van der Waals surface area contributed by atoms with Crippen molar-refractivity contribution in [3.63, 3.8) is 0 Å². The highest BCUT2D eigenvalue weighted by Gasteiger charge is 2.39. The molecule has 1 fully saturated rings. The summed E-state index contributed by atoms with van der Waals surface area (Å²) < 4.78 is 16.6. The van der Waals surface area contributed by atoms with Gasteiger partial charge in [-0.15, -0.1) is 10.2 Å². The minimum absolute atomic E-state index is 0.0517. The summed E-state index contributed by atoms with van der Waals surface area (Å²) in [5.74, 6) is 1.90. The molecule has 0 radical (unpaired) electrons. The Kier molecular flexibility index (Phi) is 6.09. The normalized spacial score (nSPS) is 18.5. The molecule has 1 aliphatic rings. The molecule has 1 aliphatic heterocycles. The van der Waals surface area contributed by atoms with Crippen LogP contribution in [0.5, 0.6) is 5.75 Å². The number of rotatable bonds is 7. The van der Waals surface area contributed by atoms with E-state index in [-0.39, 0.29) is 17.7 Å². The monoisotopic (exact) mass is 407 g/mol. The number of carbonyl (C=O) groups is 1. The summed E-state index contributed by atoms with van der Waals surface area (Å²) in [6.45, 7) is 1.66. The lowest BCUT2D eigenvalue weighted by Crippen LogP contribution is -2.30. The summed E-state index contributed by atoms with van der Waals surface area (Å²) in [4.78, 5) is 14.8. The van der Waals surface area contributed by atoms with E-state index in [1.165, 1.54) is 0 Å². The van der Waals surface area contributed by atoms with E-state index in [4.69, 9.17) is 13.9 Å². The number of ether oxygens (including phenoxy) is 2. The molecule has 0 aliphatic carbocycles. The van der Waals surface area contributed by atoms with Crippen molar-refractivity contribution in [3.8, 4) is 17.2 Å². The zero-order chi connectivity index (χ0) is 20.9. The van der Waals surface area contributed by atoms with Gasteiger partial charge in [-0.2, -0.15) is 0 Å². The average Bonchev–Trinajstić information content (AvgIpc) is 3.42. The molecule has 2 aromatic carbocycles. The maximum absolute atomic E-state index is 12.9. The third-order valence-corrected chi connectivity index (χ3v) is 5.44. The fourth-order valence-corrected chi connectivity index (χ4v) is 3.89. The number of amides is 1. The zero-order valence-corrected chi connectivity index (χ0v) is 17.2. The summed E-state index contributed by atoms with van der Waals surface area (Å²) in [7, 11) is 3.29. The van der Waals surface area contributed by atoms with Crippen LogP contribution >= 0.6 is 0 Å². The SMILES string of the molecule is COCC1CN(C(=O)Cc2cccc(OC)c2)CC1c1nnc(-c2ccccc2)o1. The van der Waals surface area contributed by atoms with Gasteiger partial charge in [0.05, 0.1) is 26.1 Å². The number of likely N-dealkylation sites (tertiary alicyclic amines) is 1. The standard InChI is InChI=1S/C23H25N3O4/c1-28-15-18-13-26(21(27)12-16-7-6-10-19(11-16)29-2)14-20(18)23-25-24-22(30-23)17-8-4-3-5-9-17/h3-11,18,20H,12-15H2,1-2H3. The van der Waals surface area contributed by atoms with Crippen LogP contribution < -0.4 is 4.74 Å². The molecule has 156 valence electrons. The second kappa shape index (κ2) is 9.09. The van der Waals surface area contributed by atoms with Crippen LogP contribution in [0.4, 0.5) is 0 Å². The molecule has 0 spiro atoms. The Morgan fingerprint density at radius 3 is 2.70 bits per heavy atom. The summed E-state index contributed by atoms with van der Waals surface area (Å²) in [6, 6.07) is 17.3. The molecule has 1 amide bonds. The van der Waals surface area contributed by atoms with Crippen LogP contribution in [0.25, 0.3) is 11.5 Å². The summed E-state index contributed by atoms with van der Waals surface area (Å²) in [6.07, 6.45) is 0.322. The van der Waals surface area contributed by atoms with Crippen LogP contribution in [0.3, 0.4) is 0 Å². The molecular weight excluding hydrogens is 382 g/mol. The van der Waals surface area contributed by atoms with Crippen molar-refractivity contribution < 1.29 is 18.7 Å². The van der Waals surface area contributed by atoms with Crippen molar-refractivity contribution in [1.82, 2.24) is 15.1 Å². The Hall–Kier alpha value is -3.19. The fraction of sp³-hybridized carbons (Fsp3) is 0.348. The van der Waals surface area contributed by atoms with Crippen molar-refractivity contribution in [2.75, 3.05) is 33.9 Å². The van der Waals surface area contributed by atoms with E-state index >= 15 is 0 Å². The molecule has 4 rings (SSSR count). The van der Waals surface area contributed by atoms with Gasteiger partial charge >= 0.3 is 0 Å². The van der Waals surface area contributed by atoms with Crippen molar-refractivity contribution in [3.05, 3.63) is 66.1 Å². The van der Waals surface area contributed by atoms with Gasteiger partial charge in [-0.25, -0.2) is 0 Å². The summed E-state index contributed by atoms with van der Waals surface area (Å²) in [5, 5.41) is 8.49. The Labute approximate surface area is 175 Å². The quantitative estimate of drug-likeness (QED) is 0.599. The van der Waals surface area contributed by atoms with E-state index in [9.17, 15) is 4.79 Å². The smallest absolute Gasteiger partial charge is 0.247 e. The van der Waals surface area contributed by atoms with E-state index in [1.807, 2.05) is 59.5 Å². The molecule has 2 unspecified atom stereocenters. The minimum Gasteiger partial charge on any atom is -0.497 e. The van der Waals surface area contributed by atoms with Crippen LogP contribution in [0.15, 0.2) is 59.0 Å². The molecule has 30 heavy (non-hydrogen) atoms. The number of hydrogen-bond acceptors (Lipinski definition) is 6. The molecular formula is C23H25N3O4. The van der Waals surface area contributed by atoms with Gasteiger partial charge in [0, 0.05) is 31.7 Å². The van der Waals surface area contributed by atoms with E-state index in [0.29, 0.717) is 37.9 Å². The first kappa shape index (κ1) is 20.1. The highest BCUT2D eigenvalue weighted by Crippen LogP contribution is 2.34. The number of aromatic nitrogens is 2. The molecule has 7 nitrogen and oxygen atoms in total. The van der Waals surface area contributed by atoms with Gasteiger partial charge in [0.1, 0.15) is 5.75 Å². The molecule has 1 aromatic heterocycles. The van der Waals surface area contributed by atoms with Gasteiger partial charge in [0.2, 0.25) is 17.7 Å². The van der Waals surface area contributed by atoms with Gasteiger partial charge in [-0.1, -0.05) is 30.3 Å². The second-order valence-corrected chi connectivity index (χ2v) is 7.46. The highest BCUT2D eigenvalue weighted by molar-refractivity contribution is 5.79. The predicted molar refractivity (Wildman–Crippen MR) is 111 cm³/mol. The maximum Gasteiger partial charge on any atom is 0.247 e. The van der Waals surface area contributed by atoms with Crippen LogP contribution in [0, 0.1) is 5.92 Å². The van der Waals surface area contributed by atoms with Gasteiger partial charge in [-0.3, -0.25) is 4.79 Å². The molecule has 3 aromatic rings. The lowest BCUT2D eigenvalue weighted by Gasteiger charge is -2.16. The van der Waals surface area contributed by atoms with Crippen molar-refractivity contribution >= 4 is 5.91 Å². The molecule has 1 saturated heterocycles. The van der Waals surface area contributed by atoms with Gasteiger partial charge in [-0.05, 0) is 29.8 Å². The number of carbonyl (C=O) groups excluding carboxylic acids is 1. The minimum atomic E-state index is -0.0517. The van der Waals surface area contributed by atoms with Gasteiger partial charge in [0.15, 0.2) is 0 Å². The van der Waals surface area contributed by atoms with Gasteiger partial charge in [0.25, 0.3) is 0 Å². The lowest BCUT2D eigenvalue weighted by molar-refractivity contribution is -0.129. The molecule has 0 N–H and O–H groups in total. The van der Waals surface area contributed by atoms with Crippen LogP contribution in [0.1, 0.15) is 17.4 Å². The topological polar surface area (TPSA) is 77.7 Å². The molecule has 0 bridgehead atoms. The zero-order valence-electron chi connectivity index (χ0n) is 17.2. The summed E-state index contributed by atoms with van der Waals surface area (Å²) in [5.41, 5.74) is 1.80. The maximum atomic E-state index is 12.9. The molecule has 7 heteroatoms. The lowest BCUT2D eigenvalue weighted by atomic mass is 9.97. The fourth-order valence-electron chi connectivity index (χ4n) is 3.89. The van der Waals surface area contributed by atoms with Crippen molar-refractivity contribution in [1.29, 1.82) is 0 Å². The second-order valence-electron chi connectivity index (χ2n) is 7.46. The van der Waals surface area contributed by atoms with E-state index < -0.39 is 0 Å². The first-order chi connectivity index (χ1) is 14.7. The third kappa shape index (κ3) is 4.36. The van der Waals surface area contributed by atoms with Gasteiger partial charge < -0.3 is 18.8 Å². The van der Waals surface area contributed by atoms with Crippen LogP contribution in [-0.4, -0.2) is 54.9 Å². The number of methoxy groups -OCH3 is 2. The Morgan fingerprint density at radius 2 is 1.93 bits per heavy atom. The van der Waals surface area contributed by atoms with E-state index in [1.54, 1.807) is 14.2 Å². The van der Waals surface area contributed by atoms with Crippen molar-refractivity contribution in [2.24, 2.45) is 5.92 Å². The highest BCUT2D eigenvalue weighted by atomic mass is 16.5. The average molecular weight is 407 g/mol. The Morgan fingerprint density at radius 1 is 1.10 bits per heavy atom. The first-order valence-electron chi connectivity index (χ1n) is 9.96. The Balaban J connectivity index is 1.49. The predicted octanol–water partition coefficient (Wildman–Crippen LogP) is 3.18. The largest absolute Gasteiger partial charge is 0.497 e. The van der Waals surface area contributed by atoms with E-state index in [0.717, 1.165) is 16.9 Å². The van der Waals surface area contributed by atoms with Crippen LogP contribution in [0.2, 0.25) is 0 Å². The van der Waals surface area contributed by atoms with Crippen molar-refractivity contribution in [2.45, 2.75) is 12.3 Å². The summed E-state index contributed by atoms with van der Waals surface area (Å²) >= 11 is 0. The van der Waals surface area contributed by atoms with E-state index in [2.05, 4.69) is 10.2 Å². The molecule has 2 atom stereocenters. The first-order valence-corrected chi connectivity index (χ1v) is 9.96.